The average molecular weight is 261 g/mol. The third-order valence-corrected chi connectivity index (χ3v) is 2.84. The number of hydrogen-bond acceptors (Lipinski definition) is 2. The first-order chi connectivity index (χ1) is 8.56. The molecule has 2 rings (SSSR count). The van der Waals surface area contributed by atoms with Gasteiger partial charge in [0.05, 0.1) is 0 Å². The van der Waals surface area contributed by atoms with Crippen LogP contribution in [-0.4, -0.2) is 10.9 Å². The molecule has 0 aliphatic rings. The molecular weight excluding hydrogens is 248 g/mol. The fourth-order valence-corrected chi connectivity index (χ4v) is 1.78. The Bertz CT molecular complexity index is 596. The molecule has 1 heterocycles. The number of halogens is 1. The zero-order chi connectivity index (χ0) is 13.1. The largest absolute Gasteiger partial charge is 0.322 e. The van der Waals surface area contributed by atoms with E-state index in [1.54, 1.807) is 12.1 Å². The molecule has 0 atom stereocenters. The summed E-state index contributed by atoms with van der Waals surface area (Å²) in [6.45, 7) is 3.94. The predicted octanol–water partition coefficient (Wildman–Crippen LogP) is 3.60. The Morgan fingerprint density at radius 2 is 2.00 bits per heavy atom. The van der Waals surface area contributed by atoms with Crippen molar-refractivity contribution in [3.8, 4) is 0 Å². The first-order valence-corrected chi connectivity index (χ1v) is 5.94. The van der Waals surface area contributed by atoms with Crippen molar-refractivity contribution in [1.82, 2.24) is 4.98 Å². The van der Waals surface area contributed by atoms with Crippen LogP contribution in [0.4, 0.5) is 5.69 Å². The number of nitrogens with zero attached hydrogens (tertiary/aromatic N) is 1. The standard InChI is InChI=1S/C14H13ClN2O/c1-9-3-4-10(2)12(7-9)17-14(18)11-5-6-16-13(15)8-11/h3-8H,1-2H3,(H,17,18). The number of rotatable bonds is 2. The molecule has 1 amide bonds. The SMILES string of the molecule is Cc1ccc(C)c(NC(=O)c2ccnc(Cl)c2)c1. The van der Waals surface area contributed by atoms with Crippen molar-refractivity contribution >= 4 is 23.2 Å². The lowest BCUT2D eigenvalue weighted by Gasteiger charge is -2.09. The number of nitrogens with one attached hydrogen (secondary N) is 1. The molecule has 0 unspecified atom stereocenters. The van der Waals surface area contributed by atoms with Gasteiger partial charge in [-0.2, -0.15) is 0 Å². The van der Waals surface area contributed by atoms with Crippen LogP contribution >= 0.6 is 11.6 Å². The maximum atomic E-state index is 12.0. The van der Waals surface area contributed by atoms with Gasteiger partial charge in [-0.25, -0.2) is 4.98 Å². The summed E-state index contributed by atoms with van der Waals surface area (Å²) in [6.07, 6.45) is 1.51. The molecule has 0 radical (unpaired) electrons. The summed E-state index contributed by atoms with van der Waals surface area (Å²) < 4.78 is 0. The monoisotopic (exact) mass is 260 g/mol. The van der Waals surface area contributed by atoms with E-state index in [1.165, 1.54) is 6.20 Å². The summed E-state index contributed by atoms with van der Waals surface area (Å²) in [5, 5.41) is 3.18. The quantitative estimate of drug-likeness (QED) is 0.839. The van der Waals surface area contributed by atoms with E-state index in [-0.39, 0.29) is 5.91 Å². The van der Waals surface area contributed by atoms with E-state index in [9.17, 15) is 4.79 Å². The van der Waals surface area contributed by atoms with E-state index in [2.05, 4.69) is 10.3 Å². The molecule has 4 heteroatoms. The van der Waals surface area contributed by atoms with Gasteiger partial charge in [0.15, 0.2) is 0 Å². The maximum Gasteiger partial charge on any atom is 0.255 e. The Balaban J connectivity index is 2.24. The Hall–Kier alpha value is -1.87. The van der Waals surface area contributed by atoms with Gasteiger partial charge in [-0.1, -0.05) is 23.7 Å². The average Bonchev–Trinajstić information content (AvgIpc) is 2.34. The molecule has 0 bridgehead atoms. The highest BCUT2D eigenvalue weighted by Crippen LogP contribution is 2.17. The lowest BCUT2D eigenvalue weighted by Crippen LogP contribution is -2.13. The lowest BCUT2D eigenvalue weighted by atomic mass is 10.1. The molecule has 0 saturated carbocycles. The first-order valence-electron chi connectivity index (χ1n) is 5.56. The number of carbonyl (C=O) groups excluding carboxylic acids is 1. The van der Waals surface area contributed by atoms with Gasteiger partial charge in [-0.15, -0.1) is 0 Å². The predicted molar refractivity (Wildman–Crippen MR) is 73.1 cm³/mol. The number of pyridine rings is 1. The van der Waals surface area contributed by atoms with Crippen molar-refractivity contribution in [2.24, 2.45) is 0 Å². The highest BCUT2D eigenvalue weighted by Gasteiger charge is 2.08. The number of hydrogen-bond donors (Lipinski definition) is 1. The van der Waals surface area contributed by atoms with Gasteiger partial charge in [-0.3, -0.25) is 4.79 Å². The molecule has 18 heavy (non-hydrogen) atoms. The number of benzene rings is 1. The van der Waals surface area contributed by atoms with Crippen LogP contribution in [0.2, 0.25) is 5.15 Å². The fraction of sp³-hybridized carbons (Fsp3) is 0.143. The van der Waals surface area contributed by atoms with Crippen LogP contribution in [0.5, 0.6) is 0 Å². The number of amides is 1. The normalized spacial score (nSPS) is 10.2. The van der Waals surface area contributed by atoms with Crippen LogP contribution in [0.1, 0.15) is 21.5 Å². The summed E-state index contributed by atoms with van der Waals surface area (Å²) in [5.74, 6) is -0.187. The Labute approximate surface area is 111 Å². The van der Waals surface area contributed by atoms with Crippen LogP contribution in [0.15, 0.2) is 36.5 Å². The molecule has 0 spiro atoms. The smallest absolute Gasteiger partial charge is 0.255 e. The van der Waals surface area contributed by atoms with Crippen LogP contribution in [-0.2, 0) is 0 Å². The second-order valence-electron chi connectivity index (χ2n) is 4.14. The lowest BCUT2D eigenvalue weighted by molar-refractivity contribution is 0.102. The minimum absolute atomic E-state index is 0.187. The Kier molecular flexibility index (Phi) is 3.63. The minimum atomic E-state index is -0.187. The maximum absolute atomic E-state index is 12.0. The van der Waals surface area contributed by atoms with Crippen molar-refractivity contribution in [3.63, 3.8) is 0 Å². The second-order valence-corrected chi connectivity index (χ2v) is 4.53. The first kappa shape index (κ1) is 12.6. The summed E-state index contributed by atoms with van der Waals surface area (Å²) in [5.41, 5.74) is 3.43. The van der Waals surface area contributed by atoms with E-state index < -0.39 is 0 Å². The number of anilines is 1. The molecule has 92 valence electrons. The van der Waals surface area contributed by atoms with Crippen LogP contribution in [0.3, 0.4) is 0 Å². The van der Waals surface area contributed by atoms with Gasteiger partial charge in [0.25, 0.3) is 5.91 Å². The minimum Gasteiger partial charge on any atom is -0.322 e. The number of carbonyl (C=O) groups is 1. The third kappa shape index (κ3) is 2.87. The fourth-order valence-electron chi connectivity index (χ4n) is 1.61. The summed E-state index contributed by atoms with van der Waals surface area (Å²) in [4.78, 5) is 15.9. The van der Waals surface area contributed by atoms with Crippen molar-refractivity contribution in [1.29, 1.82) is 0 Å². The highest BCUT2D eigenvalue weighted by molar-refractivity contribution is 6.29. The molecule has 1 aromatic heterocycles. The van der Waals surface area contributed by atoms with Gasteiger partial charge in [0, 0.05) is 17.4 Å². The van der Waals surface area contributed by atoms with Crippen molar-refractivity contribution in [2.75, 3.05) is 5.32 Å². The summed E-state index contributed by atoms with van der Waals surface area (Å²) >= 11 is 5.76. The van der Waals surface area contributed by atoms with Gasteiger partial charge < -0.3 is 5.32 Å². The van der Waals surface area contributed by atoms with Crippen molar-refractivity contribution < 1.29 is 4.79 Å². The molecule has 1 N–H and O–H groups in total. The van der Waals surface area contributed by atoms with Gasteiger partial charge in [-0.05, 0) is 43.2 Å². The zero-order valence-corrected chi connectivity index (χ0v) is 11.0. The van der Waals surface area contributed by atoms with Crippen molar-refractivity contribution in [2.45, 2.75) is 13.8 Å². The molecule has 3 nitrogen and oxygen atoms in total. The molecule has 0 aliphatic carbocycles. The van der Waals surface area contributed by atoms with E-state index in [0.29, 0.717) is 10.7 Å². The highest BCUT2D eigenvalue weighted by atomic mass is 35.5. The summed E-state index contributed by atoms with van der Waals surface area (Å²) in [6, 6.07) is 9.10. The zero-order valence-electron chi connectivity index (χ0n) is 10.2. The number of aromatic nitrogens is 1. The van der Waals surface area contributed by atoms with Crippen LogP contribution in [0.25, 0.3) is 0 Å². The molecule has 0 fully saturated rings. The molecular formula is C14H13ClN2O. The summed E-state index contributed by atoms with van der Waals surface area (Å²) in [7, 11) is 0. The van der Waals surface area contributed by atoms with E-state index in [4.69, 9.17) is 11.6 Å². The number of aryl methyl sites for hydroxylation is 2. The van der Waals surface area contributed by atoms with Gasteiger partial charge in [0.1, 0.15) is 5.15 Å². The third-order valence-electron chi connectivity index (χ3n) is 2.63. The molecule has 0 saturated heterocycles. The van der Waals surface area contributed by atoms with E-state index in [1.807, 2.05) is 32.0 Å². The Morgan fingerprint density at radius 3 is 2.72 bits per heavy atom. The second kappa shape index (κ2) is 5.19. The Morgan fingerprint density at radius 1 is 1.22 bits per heavy atom. The van der Waals surface area contributed by atoms with Gasteiger partial charge >= 0.3 is 0 Å². The topological polar surface area (TPSA) is 42.0 Å². The molecule has 1 aromatic carbocycles. The molecule has 0 aliphatic heterocycles. The van der Waals surface area contributed by atoms with Crippen molar-refractivity contribution in [3.05, 3.63) is 58.4 Å². The molecule has 2 aromatic rings. The van der Waals surface area contributed by atoms with Crippen LogP contribution < -0.4 is 5.32 Å². The van der Waals surface area contributed by atoms with Gasteiger partial charge in [0.2, 0.25) is 0 Å². The van der Waals surface area contributed by atoms with Crippen LogP contribution in [0, 0.1) is 13.8 Å². The van der Waals surface area contributed by atoms with E-state index >= 15 is 0 Å². The van der Waals surface area contributed by atoms with E-state index in [0.717, 1.165) is 16.8 Å².